The highest BCUT2D eigenvalue weighted by Gasteiger charge is 2.38. The smallest absolute Gasteiger partial charge is 0.146 e. The first-order chi connectivity index (χ1) is 9.67. The van der Waals surface area contributed by atoms with E-state index in [4.69, 9.17) is 4.74 Å². The van der Waals surface area contributed by atoms with E-state index in [0.29, 0.717) is 11.7 Å². The van der Waals surface area contributed by atoms with Gasteiger partial charge < -0.3 is 10.1 Å². The van der Waals surface area contributed by atoms with Crippen LogP contribution in [-0.4, -0.2) is 29.8 Å². The lowest BCUT2D eigenvalue weighted by Crippen LogP contribution is -2.46. The van der Waals surface area contributed by atoms with E-state index in [-0.39, 0.29) is 11.4 Å². The van der Waals surface area contributed by atoms with Gasteiger partial charge in [-0.1, -0.05) is 15.9 Å². The van der Waals surface area contributed by atoms with E-state index in [0.717, 1.165) is 36.8 Å². The fourth-order valence-corrected chi connectivity index (χ4v) is 4.67. The van der Waals surface area contributed by atoms with Gasteiger partial charge >= 0.3 is 0 Å². The lowest BCUT2D eigenvalue weighted by molar-refractivity contribution is -0.0865. The standard InChI is InChI=1S/C15H19BrFNOS/c16-11-1-2-13(17)14(9-11)18-12-3-6-19-15(10-12)4-7-20-8-5-15/h1-2,9,12,18H,3-8,10H2. The molecule has 1 aromatic rings. The molecule has 3 rings (SSSR count). The summed E-state index contributed by atoms with van der Waals surface area (Å²) in [6.45, 7) is 0.776. The molecule has 20 heavy (non-hydrogen) atoms. The van der Waals surface area contributed by atoms with E-state index < -0.39 is 0 Å². The zero-order valence-corrected chi connectivity index (χ0v) is 13.7. The van der Waals surface area contributed by atoms with Gasteiger partial charge in [-0.05, 0) is 55.4 Å². The van der Waals surface area contributed by atoms with Crippen molar-refractivity contribution in [3.8, 4) is 0 Å². The summed E-state index contributed by atoms with van der Waals surface area (Å²) in [5, 5.41) is 3.37. The molecule has 1 atom stereocenters. The number of hydrogen-bond acceptors (Lipinski definition) is 3. The van der Waals surface area contributed by atoms with Crippen molar-refractivity contribution in [2.45, 2.75) is 37.3 Å². The van der Waals surface area contributed by atoms with Crippen LogP contribution in [0, 0.1) is 5.82 Å². The zero-order chi connectivity index (χ0) is 14.0. The number of nitrogens with one attached hydrogen (secondary N) is 1. The molecule has 2 aliphatic rings. The van der Waals surface area contributed by atoms with Crippen molar-refractivity contribution in [3.63, 3.8) is 0 Å². The van der Waals surface area contributed by atoms with Crippen LogP contribution in [0.25, 0.3) is 0 Å². The molecule has 110 valence electrons. The number of halogens is 2. The van der Waals surface area contributed by atoms with Crippen molar-refractivity contribution in [2.24, 2.45) is 0 Å². The third kappa shape index (κ3) is 3.31. The van der Waals surface area contributed by atoms with E-state index >= 15 is 0 Å². The van der Waals surface area contributed by atoms with Gasteiger partial charge in [-0.15, -0.1) is 0 Å². The fourth-order valence-electron chi connectivity index (χ4n) is 3.07. The maximum Gasteiger partial charge on any atom is 0.146 e. The highest BCUT2D eigenvalue weighted by atomic mass is 79.9. The number of hydrogen-bond donors (Lipinski definition) is 1. The van der Waals surface area contributed by atoms with Crippen LogP contribution in [0.2, 0.25) is 0 Å². The average molecular weight is 360 g/mol. The lowest BCUT2D eigenvalue weighted by atomic mass is 9.85. The molecule has 1 aromatic carbocycles. The monoisotopic (exact) mass is 359 g/mol. The van der Waals surface area contributed by atoms with Gasteiger partial charge in [0.1, 0.15) is 5.82 Å². The number of rotatable bonds is 2. The second kappa shape index (κ2) is 6.24. The van der Waals surface area contributed by atoms with Gasteiger partial charge in [0, 0.05) is 17.1 Å². The molecule has 1 unspecified atom stereocenters. The molecule has 5 heteroatoms. The molecule has 2 aliphatic heterocycles. The molecule has 2 fully saturated rings. The molecule has 0 radical (unpaired) electrons. The van der Waals surface area contributed by atoms with Crippen LogP contribution in [0.3, 0.4) is 0 Å². The summed E-state index contributed by atoms with van der Waals surface area (Å²) < 4.78 is 20.8. The topological polar surface area (TPSA) is 21.3 Å². The Hall–Kier alpha value is -0.260. The van der Waals surface area contributed by atoms with Crippen LogP contribution >= 0.6 is 27.7 Å². The minimum absolute atomic E-state index is 0.0314. The number of thioether (sulfide) groups is 1. The van der Waals surface area contributed by atoms with Gasteiger partial charge in [0.2, 0.25) is 0 Å². The second-order valence-electron chi connectivity index (χ2n) is 5.60. The molecule has 1 N–H and O–H groups in total. The van der Waals surface area contributed by atoms with Gasteiger partial charge in [0.05, 0.1) is 11.3 Å². The number of benzene rings is 1. The summed E-state index contributed by atoms with van der Waals surface area (Å²) >= 11 is 5.40. The summed E-state index contributed by atoms with van der Waals surface area (Å²) in [4.78, 5) is 0. The third-order valence-electron chi connectivity index (χ3n) is 4.19. The fraction of sp³-hybridized carbons (Fsp3) is 0.600. The Kier molecular flexibility index (Phi) is 4.58. The van der Waals surface area contributed by atoms with E-state index in [2.05, 4.69) is 21.2 Å². The molecule has 0 bridgehead atoms. The van der Waals surface area contributed by atoms with Gasteiger partial charge in [0.15, 0.2) is 0 Å². The van der Waals surface area contributed by atoms with Crippen molar-refractivity contribution >= 4 is 33.4 Å². The molecule has 1 spiro atoms. The Bertz CT molecular complexity index is 473. The Balaban J connectivity index is 1.69. The first kappa shape index (κ1) is 14.7. The SMILES string of the molecule is Fc1ccc(Br)cc1NC1CCOC2(CCSCC2)C1. The average Bonchev–Trinajstić information content (AvgIpc) is 2.44. The van der Waals surface area contributed by atoms with Crippen LogP contribution in [0.1, 0.15) is 25.7 Å². The molecule has 2 saturated heterocycles. The predicted octanol–water partition coefficient (Wildman–Crippen LogP) is 4.44. The maximum absolute atomic E-state index is 13.8. The van der Waals surface area contributed by atoms with Gasteiger partial charge in [0.25, 0.3) is 0 Å². The Morgan fingerprint density at radius 3 is 2.95 bits per heavy atom. The normalized spacial score (nSPS) is 25.6. The molecule has 0 aliphatic carbocycles. The quantitative estimate of drug-likeness (QED) is 0.842. The van der Waals surface area contributed by atoms with Crippen LogP contribution in [0.4, 0.5) is 10.1 Å². The van der Waals surface area contributed by atoms with E-state index in [1.54, 1.807) is 6.07 Å². The molecule has 0 saturated carbocycles. The molecular formula is C15H19BrFNOS. The molecule has 0 aromatic heterocycles. The highest BCUT2D eigenvalue weighted by molar-refractivity contribution is 9.10. The van der Waals surface area contributed by atoms with E-state index in [1.807, 2.05) is 17.8 Å². The summed E-state index contributed by atoms with van der Waals surface area (Å²) in [5.74, 6) is 2.17. The molecular weight excluding hydrogens is 341 g/mol. The van der Waals surface area contributed by atoms with Crippen LogP contribution in [0.15, 0.2) is 22.7 Å². The van der Waals surface area contributed by atoms with Gasteiger partial charge in [-0.25, -0.2) is 4.39 Å². The Morgan fingerprint density at radius 2 is 2.15 bits per heavy atom. The molecule has 2 heterocycles. The zero-order valence-electron chi connectivity index (χ0n) is 11.3. The minimum atomic E-state index is -0.187. The summed E-state index contributed by atoms with van der Waals surface area (Å²) in [6.07, 6.45) is 4.17. The van der Waals surface area contributed by atoms with Gasteiger partial charge in [-0.3, -0.25) is 0 Å². The highest BCUT2D eigenvalue weighted by Crippen LogP contribution is 2.38. The van der Waals surface area contributed by atoms with E-state index in [9.17, 15) is 4.39 Å². The van der Waals surface area contributed by atoms with Crippen molar-refractivity contribution in [2.75, 3.05) is 23.4 Å². The molecule has 0 amide bonds. The van der Waals surface area contributed by atoms with E-state index in [1.165, 1.54) is 17.6 Å². The lowest BCUT2D eigenvalue weighted by Gasteiger charge is -2.43. The summed E-state index contributed by atoms with van der Waals surface area (Å²) in [5.41, 5.74) is 0.621. The Morgan fingerprint density at radius 1 is 1.35 bits per heavy atom. The summed E-state index contributed by atoms with van der Waals surface area (Å²) in [6, 6.07) is 5.34. The first-order valence-electron chi connectivity index (χ1n) is 7.10. The van der Waals surface area contributed by atoms with Crippen molar-refractivity contribution in [1.82, 2.24) is 0 Å². The van der Waals surface area contributed by atoms with Crippen molar-refractivity contribution < 1.29 is 9.13 Å². The second-order valence-corrected chi connectivity index (χ2v) is 7.74. The van der Waals surface area contributed by atoms with Crippen LogP contribution < -0.4 is 5.32 Å². The largest absolute Gasteiger partial charge is 0.380 e. The maximum atomic E-state index is 13.8. The minimum Gasteiger partial charge on any atom is -0.380 e. The Labute approximate surface area is 132 Å². The van der Waals surface area contributed by atoms with Gasteiger partial charge in [-0.2, -0.15) is 11.8 Å². The number of anilines is 1. The predicted molar refractivity (Wildman–Crippen MR) is 86.0 cm³/mol. The number of ether oxygens (including phenoxy) is 1. The first-order valence-corrected chi connectivity index (χ1v) is 9.05. The summed E-state index contributed by atoms with van der Waals surface area (Å²) in [7, 11) is 0. The van der Waals surface area contributed by atoms with Crippen molar-refractivity contribution in [1.29, 1.82) is 0 Å². The van der Waals surface area contributed by atoms with Crippen LogP contribution in [0.5, 0.6) is 0 Å². The third-order valence-corrected chi connectivity index (χ3v) is 5.66. The van der Waals surface area contributed by atoms with Crippen molar-refractivity contribution in [3.05, 3.63) is 28.5 Å². The van der Waals surface area contributed by atoms with Crippen LogP contribution in [-0.2, 0) is 4.74 Å². The molecule has 2 nitrogen and oxygen atoms in total.